The minimum atomic E-state index is -1.12. The Kier molecular flexibility index (Phi) is 15.5. The van der Waals surface area contributed by atoms with Crippen molar-refractivity contribution in [1.29, 1.82) is 0 Å². The van der Waals surface area contributed by atoms with E-state index in [0.717, 1.165) is 6.42 Å². The average Bonchev–Trinajstić information content (AvgIpc) is 2.75. The van der Waals surface area contributed by atoms with Crippen molar-refractivity contribution in [3.8, 4) is 0 Å². The van der Waals surface area contributed by atoms with Crippen LogP contribution in [0.2, 0.25) is 0 Å². The number of hydrogen-bond acceptors (Lipinski definition) is 7. The lowest BCUT2D eigenvalue weighted by Crippen LogP contribution is -2.59. The maximum Gasteiger partial charge on any atom is 0.326 e. The lowest BCUT2D eigenvalue weighted by Gasteiger charge is -2.27. The van der Waals surface area contributed by atoms with Crippen LogP contribution in [0.25, 0.3) is 0 Å². The molecule has 0 spiro atoms. The molecule has 32 heavy (non-hydrogen) atoms. The minimum absolute atomic E-state index is 0.0392. The summed E-state index contributed by atoms with van der Waals surface area (Å²) in [6.45, 7) is 7.33. The molecule has 0 fully saturated rings. The highest BCUT2D eigenvalue weighted by Gasteiger charge is 2.32. The van der Waals surface area contributed by atoms with Crippen molar-refractivity contribution in [2.75, 3.05) is 24.0 Å². The quantitative estimate of drug-likeness (QED) is 0.215. The van der Waals surface area contributed by atoms with Crippen LogP contribution in [-0.4, -0.2) is 77.0 Å². The van der Waals surface area contributed by atoms with Gasteiger partial charge < -0.3 is 26.8 Å². The molecule has 5 unspecified atom stereocenters. The molecular formula is C21H40N4O5S2. The van der Waals surface area contributed by atoms with Crippen LogP contribution in [0.4, 0.5) is 0 Å². The molecule has 0 aromatic carbocycles. The largest absolute Gasteiger partial charge is 0.480 e. The van der Waals surface area contributed by atoms with Crippen molar-refractivity contribution < 1.29 is 24.3 Å². The Morgan fingerprint density at radius 2 is 1.34 bits per heavy atom. The van der Waals surface area contributed by atoms with E-state index in [4.69, 9.17) is 5.73 Å². The normalized spacial score (nSPS) is 15.9. The van der Waals surface area contributed by atoms with Gasteiger partial charge in [-0.05, 0) is 48.7 Å². The minimum Gasteiger partial charge on any atom is -0.480 e. The zero-order valence-corrected chi connectivity index (χ0v) is 21.6. The fourth-order valence-corrected chi connectivity index (χ4v) is 3.77. The van der Waals surface area contributed by atoms with Gasteiger partial charge in [0.1, 0.15) is 18.1 Å². The van der Waals surface area contributed by atoms with Gasteiger partial charge in [0, 0.05) is 0 Å². The second kappa shape index (κ2) is 16.2. The molecule has 0 rings (SSSR count). The van der Waals surface area contributed by atoms with Gasteiger partial charge in [0.05, 0.1) is 6.04 Å². The Bertz CT molecular complexity index is 621. The number of carboxylic acid groups (broad SMARTS) is 1. The van der Waals surface area contributed by atoms with E-state index in [9.17, 15) is 24.3 Å². The number of carboxylic acids is 1. The van der Waals surface area contributed by atoms with Gasteiger partial charge in [0.2, 0.25) is 17.7 Å². The lowest BCUT2D eigenvalue weighted by atomic mass is 9.98. The number of carbonyl (C=O) groups is 4. The van der Waals surface area contributed by atoms with Crippen LogP contribution in [0.5, 0.6) is 0 Å². The molecule has 3 amide bonds. The molecule has 0 heterocycles. The van der Waals surface area contributed by atoms with Crippen molar-refractivity contribution >= 4 is 47.2 Å². The summed E-state index contributed by atoms with van der Waals surface area (Å²) < 4.78 is 0. The smallest absolute Gasteiger partial charge is 0.326 e. The van der Waals surface area contributed by atoms with E-state index in [1.54, 1.807) is 13.8 Å². The molecular weight excluding hydrogens is 452 g/mol. The summed E-state index contributed by atoms with van der Waals surface area (Å²) >= 11 is 3.02. The third kappa shape index (κ3) is 10.9. The second-order valence-electron chi connectivity index (χ2n) is 8.17. The van der Waals surface area contributed by atoms with Crippen LogP contribution >= 0.6 is 23.5 Å². The first kappa shape index (κ1) is 30.5. The second-order valence-corrected chi connectivity index (χ2v) is 10.1. The highest BCUT2D eigenvalue weighted by Crippen LogP contribution is 2.10. The summed E-state index contributed by atoms with van der Waals surface area (Å²) in [5.74, 6) is -1.70. The summed E-state index contributed by atoms with van der Waals surface area (Å²) in [6, 6.07) is -3.54. The van der Waals surface area contributed by atoms with Gasteiger partial charge in [0.25, 0.3) is 0 Å². The number of rotatable bonds is 16. The van der Waals surface area contributed by atoms with Crippen LogP contribution in [0.3, 0.4) is 0 Å². The van der Waals surface area contributed by atoms with E-state index in [2.05, 4.69) is 16.0 Å². The molecule has 0 saturated heterocycles. The van der Waals surface area contributed by atoms with E-state index in [1.165, 1.54) is 23.5 Å². The van der Waals surface area contributed by atoms with E-state index in [0.29, 0.717) is 17.9 Å². The van der Waals surface area contributed by atoms with Gasteiger partial charge >= 0.3 is 5.97 Å². The van der Waals surface area contributed by atoms with E-state index < -0.39 is 47.9 Å². The standard InChI is InChI=1S/C21H40N4O5S2/c1-7-13(4)16(22)19(27)23-14(8-10-31-5)18(26)25-17(12(2)3)20(28)24-15(21(29)30)9-11-32-6/h12-17H,7-11,22H2,1-6H3,(H,23,27)(H,24,28)(H,25,26)(H,29,30). The lowest BCUT2D eigenvalue weighted by molar-refractivity contribution is -0.142. The highest BCUT2D eigenvalue weighted by atomic mass is 32.2. The summed E-state index contributed by atoms with van der Waals surface area (Å²) in [5.41, 5.74) is 6.00. The summed E-state index contributed by atoms with van der Waals surface area (Å²) in [7, 11) is 0. The van der Waals surface area contributed by atoms with E-state index >= 15 is 0 Å². The first-order valence-corrected chi connectivity index (χ1v) is 13.7. The summed E-state index contributed by atoms with van der Waals surface area (Å²) in [6.07, 6.45) is 5.14. The molecule has 11 heteroatoms. The van der Waals surface area contributed by atoms with E-state index in [1.807, 2.05) is 26.4 Å². The molecule has 0 saturated carbocycles. The predicted octanol–water partition coefficient (Wildman–Crippen LogP) is 1.06. The number of nitrogens with two attached hydrogens (primary N) is 1. The zero-order chi connectivity index (χ0) is 24.8. The monoisotopic (exact) mass is 492 g/mol. The number of amides is 3. The molecule has 0 aliphatic heterocycles. The van der Waals surface area contributed by atoms with Crippen molar-refractivity contribution in [3.05, 3.63) is 0 Å². The van der Waals surface area contributed by atoms with E-state index in [-0.39, 0.29) is 18.3 Å². The number of thioether (sulfide) groups is 2. The first-order chi connectivity index (χ1) is 15.0. The molecule has 9 nitrogen and oxygen atoms in total. The predicted molar refractivity (Wildman–Crippen MR) is 132 cm³/mol. The third-order valence-corrected chi connectivity index (χ3v) is 6.56. The van der Waals surface area contributed by atoms with Gasteiger partial charge in [0.15, 0.2) is 0 Å². The number of nitrogens with one attached hydrogen (secondary N) is 3. The molecule has 0 aliphatic carbocycles. The average molecular weight is 493 g/mol. The molecule has 0 aromatic rings. The highest BCUT2D eigenvalue weighted by molar-refractivity contribution is 7.98. The van der Waals surface area contributed by atoms with Crippen LogP contribution in [-0.2, 0) is 19.2 Å². The van der Waals surface area contributed by atoms with Gasteiger partial charge in [-0.3, -0.25) is 14.4 Å². The van der Waals surface area contributed by atoms with Crippen LogP contribution in [0, 0.1) is 11.8 Å². The summed E-state index contributed by atoms with van der Waals surface area (Å²) in [5, 5.41) is 17.3. The number of carbonyl (C=O) groups excluding carboxylic acids is 3. The molecule has 186 valence electrons. The maximum atomic E-state index is 13.0. The van der Waals surface area contributed by atoms with Crippen LogP contribution < -0.4 is 21.7 Å². The number of aliphatic carboxylic acids is 1. The van der Waals surface area contributed by atoms with Crippen molar-refractivity contribution in [2.24, 2.45) is 17.6 Å². The molecule has 0 bridgehead atoms. The Morgan fingerprint density at radius 1 is 0.844 bits per heavy atom. The fraction of sp³-hybridized carbons (Fsp3) is 0.810. The Balaban J connectivity index is 5.36. The molecule has 0 aromatic heterocycles. The van der Waals surface area contributed by atoms with Crippen molar-refractivity contribution in [2.45, 2.75) is 71.1 Å². The van der Waals surface area contributed by atoms with Crippen LogP contribution in [0.1, 0.15) is 47.0 Å². The van der Waals surface area contributed by atoms with Gasteiger partial charge in [-0.25, -0.2) is 4.79 Å². The fourth-order valence-electron chi connectivity index (χ4n) is 2.83. The Morgan fingerprint density at radius 3 is 1.78 bits per heavy atom. The van der Waals surface area contributed by atoms with Crippen molar-refractivity contribution in [3.63, 3.8) is 0 Å². The molecule has 6 N–H and O–H groups in total. The number of hydrogen-bond donors (Lipinski definition) is 5. The first-order valence-electron chi connectivity index (χ1n) is 10.9. The molecule has 0 radical (unpaired) electrons. The molecule has 0 aliphatic rings. The van der Waals surface area contributed by atoms with Gasteiger partial charge in [-0.2, -0.15) is 23.5 Å². The maximum absolute atomic E-state index is 13.0. The SMILES string of the molecule is CCC(C)C(N)C(=O)NC(CCSC)C(=O)NC(C(=O)NC(CCSC)C(=O)O)C(C)C. The Hall–Kier alpha value is -1.46. The third-order valence-electron chi connectivity index (χ3n) is 5.28. The van der Waals surface area contributed by atoms with Gasteiger partial charge in [-0.15, -0.1) is 0 Å². The Labute approximate surface area is 200 Å². The van der Waals surface area contributed by atoms with Gasteiger partial charge in [-0.1, -0.05) is 34.1 Å². The summed E-state index contributed by atoms with van der Waals surface area (Å²) in [4.78, 5) is 49.8. The zero-order valence-electron chi connectivity index (χ0n) is 20.0. The van der Waals surface area contributed by atoms with Crippen LogP contribution in [0.15, 0.2) is 0 Å². The van der Waals surface area contributed by atoms with Crippen molar-refractivity contribution in [1.82, 2.24) is 16.0 Å². The topological polar surface area (TPSA) is 151 Å². The molecule has 5 atom stereocenters.